The van der Waals surface area contributed by atoms with Gasteiger partial charge in [0.05, 0.1) is 0 Å². The fourth-order valence-electron chi connectivity index (χ4n) is 2.46. The molecule has 2 aromatic carbocycles. The Labute approximate surface area is 171 Å². The van der Waals surface area contributed by atoms with E-state index in [0.29, 0.717) is 30.1 Å². The number of nitrogens with one attached hydrogen (secondary N) is 2. The van der Waals surface area contributed by atoms with E-state index in [1.807, 2.05) is 6.07 Å². The molecule has 0 unspecified atom stereocenters. The van der Waals surface area contributed by atoms with Gasteiger partial charge < -0.3 is 15.4 Å². The number of para-hydroxylation sites is 1. The van der Waals surface area contributed by atoms with Gasteiger partial charge in [0.15, 0.2) is 11.6 Å². The lowest BCUT2D eigenvalue weighted by molar-refractivity contribution is 0.0948. The molecule has 0 spiro atoms. The van der Waals surface area contributed by atoms with E-state index in [0.717, 1.165) is 0 Å². The summed E-state index contributed by atoms with van der Waals surface area (Å²) < 4.78 is 18.9. The van der Waals surface area contributed by atoms with E-state index in [1.165, 1.54) is 23.5 Å². The molecular formula is C21H20FN3O3S. The zero-order valence-corrected chi connectivity index (χ0v) is 16.4. The summed E-state index contributed by atoms with van der Waals surface area (Å²) in [6, 6.07) is 15.1. The van der Waals surface area contributed by atoms with Crippen molar-refractivity contribution in [2.75, 3.05) is 13.1 Å². The van der Waals surface area contributed by atoms with Gasteiger partial charge in [-0.15, -0.1) is 11.3 Å². The van der Waals surface area contributed by atoms with Crippen LogP contribution in [0.15, 0.2) is 60.0 Å². The fraction of sp³-hybridized carbons (Fsp3) is 0.190. The van der Waals surface area contributed by atoms with Crippen molar-refractivity contribution in [3.05, 3.63) is 82.1 Å². The summed E-state index contributed by atoms with van der Waals surface area (Å²) >= 11 is 1.27. The van der Waals surface area contributed by atoms with Crippen molar-refractivity contribution in [2.45, 2.75) is 13.0 Å². The van der Waals surface area contributed by atoms with Gasteiger partial charge in [0.1, 0.15) is 17.3 Å². The van der Waals surface area contributed by atoms with Gasteiger partial charge in [0.25, 0.3) is 11.8 Å². The second-order valence-electron chi connectivity index (χ2n) is 6.08. The molecule has 0 saturated carbocycles. The highest BCUT2D eigenvalue weighted by Crippen LogP contribution is 2.18. The third kappa shape index (κ3) is 6.11. The average Bonchev–Trinajstić information content (AvgIpc) is 3.22. The van der Waals surface area contributed by atoms with Crippen molar-refractivity contribution in [3.63, 3.8) is 0 Å². The monoisotopic (exact) mass is 413 g/mol. The van der Waals surface area contributed by atoms with Crippen LogP contribution < -0.4 is 15.4 Å². The van der Waals surface area contributed by atoms with Gasteiger partial charge in [-0.2, -0.15) is 0 Å². The van der Waals surface area contributed by atoms with Crippen LogP contribution in [-0.4, -0.2) is 29.9 Å². The van der Waals surface area contributed by atoms with Crippen LogP contribution >= 0.6 is 11.3 Å². The summed E-state index contributed by atoms with van der Waals surface area (Å²) in [6.07, 6.45) is 0.595. The van der Waals surface area contributed by atoms with E-state index in [1.54, 1.807) is 41.8 Å². The molecule has 0 saturated heterocycles. The first kappa shape index (κ1) is 20.5. The van der Waals surface area contributed by atoms with Gasteiger partial charge in [-0.25, -0.2) is 9.37 Å². The van der Waals surface area contributed by atoms with Crippen LogP contribution in [-0.2, 0) is 6.61 Å². The molecule has 1 heterocycles. The van der Waals surface area contributed by atoms with Crippen LogP contribution in [0.2, 0.25) is 0 Å². The van der Waals surface area contributed by atoms with Crippen molar-refractivity contribution < 1.29 is 18.7 Å². The molecule has 0 fully saturated rings. The van der Waals surface area contributed by atoms with Crippen molar-refractivity contribution in [3.8, 4) is 5.75 Å². The molecule has 3 rings (SSSR count). The van der Waals surface area contributed by atoms with Crippen molar-refractivity contribution in [1.29, 1.82) is 0 Å². The Morgan fingerprint density at radius 1 is 0.966 bits per heavy atom. The number of hydrogen-bond acceptors (Lipinski definition) is 5. The number of hydrogen-bond donors (Lipinski definition) is 2. The van der Waals surface area contributed by atoms with Crippen LogP contribution in [0.1, 0.15) is 32.3 Å². The molecule has 1 aromatic heterocycles. The standard InChI is InChI=1S/C21H20FN3O3S/c22-16-9-4-5-10-18(16)28-13-19-25-17(14-29-19)21(27)24-12-6-11-23-20(26)15-7-2-1-3-8-15/h1-5,7-10,14H,6,11-13H2,(H,23,26)(H,24,27). The lowest BCUT2D eigenvalue weighted by atomic mass is 10.2. The molecule has 2 amide bonds. The van der Waals surface area contributed by atoms with Gasteiger partial charge in [-0.1, -0.05) is 30.3 Å². The maximum Gasteiger partial charge on any atom is 0.270 e. The first-order valence-electron chi connectivity index (χ1n) is 9.06. The first-order valence-corrected chi connectivity index (χ1v) is 9.94. The summed E-state index contributed by atoms with van der Waals surface area (Å²) in [7, 11) is 0. The number of aromatic nitrogens is 1. The highest BCUT2D eigenvalue weighted by atomic mass is 32.1. The van der Waals surface area contributed by atoms with E-state index < -0.39 is 5.82 Å². The topological polar surface area (TPSA) is 80.3 Å². The number of ether oxygens (including phenoxy) is 1. The number of amides is 2. The predicted octanol–water partition coefficient (Wildman–Crippen LogP) is 3.41. The minimum atomic E-state index is -0.443. The third-order valence-corrected chi connectivity index (χ3v) is 4.76. The van der Waals surface area contributed by atoms with E-state index in [4.69, 9.17) is 4.74 Å². The van der Waals surface area contributed by atoms with Crippen LogP contribution in [0, 0.1) is 5.82 Å². The van der Waals surface area contributed by atoms with Gasteiger partial charge in [0.2, 0.25) is 0 Å². The summed E-state index contributed by atoms with van der Waals surface area (Å²) in [4.78, 5) is 28.3. The van der Waals surface area contributed by atoms with Crippen LogP contribution in [0.25, 0.3) is 0 Å². The molecule has 0 aliphatic rings. The molecule has 0 aliphatic heterocycles. The minimum absolute atomic E-state index is 0.0877. The van der Waals surface area contributed by atoms with Crippen LogP contribution in [0.5, 0.6) is 5.75 Å². The summed E-state index contributed by atoms with van der Waals surface area (Å²) in [5.41, 5.74) is 0.889. The van der Waals surface area contributed by atoms with Gasteiger partial charge in [-0.3, -0.25) is 9.59 Å². The summed E-state index contributed by atoms with van der Waals surface area (Å²) in [5, 5.41) is 7.77. The number of thiazole rings is 1. The first-order chi connectivity index (χ1) is 14.1. The summed E-state index contributed by atoms with van der Waals surface area (Å²) in [5.74, 6) is -0.740. The van der Waals surface area contributed by atoms with Crippen molar-refractivity contribution in [2.24, 2.45) is 0 Å². The molecule has 29 heavy (non-hydrogen) atoms. The van der Waals surface area contributed by atoms with Crippen molar-refractivity contribution >= 4 is 23.2 Å². The zero-order valence-electron chi connectivity index (χ0n) is 15.6. The normalized spacial score (nSPS) is 10.4. The number of halogens is 1. The van der Waals surface area contributed by atoms with E-state index in [9.17, 15) is 14.0 Å². The number of rotatable bonds is 9. The van der Waals surface area contributed by atoms with Gasteiger partial charge in [-0.05, 0) is 30.7 Å². The number of nitrogens with zero attached hydrogens (tertiary/aromatic N) is 1. The number of carbonyl (C=O) groups excluding carboxylic acids is 2. The molecule has 150 valence electrons. The fourth-order valence-corrected chi connectivity index (χ4v) is 3.14. The number of benzene rings is 2. The Morgan fingerprint density at radius 2 is 1.66 bits per heavy atom. The van der Waals surface area contributed by atoms with Crippen LogP contribution in [0.4, 0.5) is 4.39 Å². The lowest BCUT2D eigenvalue weighted by Gasteiger charge is -2.06. The highest BCUT2D eigenvalue weighted by molar-refractivity contribution is 7.09. The third-order valence-electron chi connectivity index (χ3n) is 3.93. The Hall–Kier alpha value is -3.26. The Morgan fingerprint density at radius 3 is 2.41 bits per heavy atom. The average molecular weight is 413 g/mol. The highest BCUT2D eigenvalue weighted by Gasteiger charge is 2.11. The molecule has 2 N–H and O–H groups in total. The SMILES string of the molecule is O=C(NCCCNC(=O)c1csc(COc2ccccc2F)n1)c1ccccc1. The Kier molecular flexibility index (Phi) is 7.29. The van der Waals surface area contributed by atoms with Crippen molar-refractivity contribution in [1.82, 2.24) is 15.6 Å². The minimum Gasteiger partial charge on any atom is -0.483 e. The molecule has 0 atom stereocenters. The largest absolute Gasteiger partial charge is 0.483 e. The predicted molar refractivity (Wildman–Crippen MR) is 109 cm³/mol. The lowest BCUT2D eigenvalue weighted by Crippen LogP contribution is -2.30. The second kappa shape index (κ2) is 10.3. The van der Waals surface area contributed by atoms with E-state index in [2.05, 4.69) is 15.6 Å². The maximum atomic E-state index is 13.5. The summed E-state index contributed by atoms with van der Waals surface area (Å²) in [6.45, 7) is 0.948. The molecule has 8 heteroatoms. The molecule has 6 nitrogen and oxygen atoms in total. The Bertz CT molecular complexity index is 963. The smallest absolute Gasteiger partial charge is 0.270 e. The van der Waals surface area contributed by atoms with Crippen LogP contribution in [0.3, 0.4) is 0 Å². The molecule has 3 aromatic rings. The number of carbonyl (C=O) groups is 2. The van der Waals surface area contributed by atoms with Gasteiger partial charge in [0, 0.05) is 24.0 Å². The molecule has 0 radical (unpaired) electrons. The zero-order chi connectivity index (χ0) is 20.5. The molecule has 0 aliphatic carbocycles. The molecule has 0 bridgehead atoms. The molecular weight excluding hydrogens is 393 g/mol. The second-order valence-corrected chi connectivity index (χ2v) is 7.02. The maximum absolute atomic E-state index is 13.5. The Balaban J connectivity index is 1.37. The van der Waals surface area contributed by atoms with Gasteiger partial charge >= 0.3 is 0 Å². The quantitative estimate of drug-likeness (QED) is 0.527. The van der Waals surface area contributed by atoms with E-state index in [-0.39, 0.29) is 29.9 Å². The van der Waals surface area contributed by atoms with E-state index >= 15 is 0 Å².